The van der Waals surface area contributed by atoms with Crippen LogP contribution in [0.2, 0.25) is 0 Å². The van der Waals surface area contributed by atoms with Gasteiger partial charge in [0.15, 0.2) is 11.5 Å². The molecule has 3 nitrogen and oxygen atoms in total. The Kier molecular flexibility index (Phi) is 4.64. The Morgan fingerprint density at radius 1 is 1.10 bits per heavy atom. The predicted molar refractivity (Wildman–Crippen MR) is 79.1 cm³/mol. The number of aliphatic hydroxyl groups is 1. The maximum absolute atomic E-state index is 9.58. The van der Waals surface area contributed by atoms with Crippen molar-refractivity contribution in [2.45, 2.75) is 26.6 Å². The quantitative estimate of drug-likeness (QED) is 0.903. The first-order valence-electron chi connectivity index (χ1n) is 6.65. The summed E-state index contributed by atoms with van der Waals surface area (Å²) in [6.07, 6.45) is -0.519. The molecule has 3 heteroatoms. The first kappa shape index (κ1) is 14.4. The molecular weight excluding hydrogens is 252 g/mol. The molecule has 0 aliphatic rings. The zero-order chi connectivity index (χ0) is 14.5. The lowest BCUT2D eigenvalue weighted by molar-refractivity contribution is 0.198. The minimum Gasteiger partial charge on any atom is -0.493 e. The van der Waals surface area contributed by atoms with E-state index in [-0.39, 0.29) is 0 Å². The highest BCUT2D eigenvalue weighted by Gasteiger charge is 2.09. The lowest BCUT2D eigenvalue weighted by Gasteiger charge is -2.14. The van der Waals surface area contributed by atoms with Crippen LogP contribution in [0.25, 0.3) is 0 Å². The molecule has 20 heavy (non-hydrogen) atoms. The van der Waals surface area contributed by atoms with E-state index in [0.29, 0.717) is 18.1 Å². The molecule has 0 bridgehead atoms. The van der Waals surface area contributed by atoms with Gasteiger partial charge in [-0.05, 0) is 42.7 Å². The van der Waals surface area contributed by atoms with E-state index in [1.54, 1.807) is 20.1 Å². The van der Waals surface area contributed by atoms with E-state index in [4.69, 9.17) is 9.47 Å². The second-order valence-corrected chi connectivity index (χ2v) is 4.80. The summed E-state index contributed by atoms with van der Waals surface area (Å²) in [5, 5.41) is 9.58. The zero-order valence-corrected chi connectivity index (χ0v) is 12.1. The molecule has 0 saturated heterocycles. The summed E-state index contributed by atoms with van der Waals surface area (Å²) in [7, 11) is 1.60. The molecule has 1 atom stereocenters. The Morgan fingerprint density at radius 3 is 2.50 bits per heavy atom. The average molecular weight is 272 g/mol. The molecule has 2 aromatic rings. The van der Waals surface area contributed by atoms with E-state index in [2.05, 4.69) is 13.0 Å². The summed E-state index contributed by atoms with van der Waals surface area (Å²) in [4.78, 5) is 0. The lowest BCUT2D eigenvalue weighted by atomic mass is 10.1. The number of ether oxygens (including phenoxy) is 2. The van der Waals surface area contributed by atoms with Crippen LogP contribution in [0.5, 0.6) is 11.5 Å². The van der Waals surface area contributed by atoms with Crippen LogP contribution in [-0.2, 0) is 6.61 Å². The van der Waals surface area contributed by atoms with E-state index < -0.39 is 6.10 Å². The fraction of sp³-hybridized carbons (Fsp3) is 0.294. The lowest BCUT2D eigenvalue weighted by Crippen LogP contribution is -2.00. The van der Waals surface area contributed by atoms with Crippen molar-refractivity contribution in [3.8, 4) is 11.5 Å². The molecule has 0 fully saturated rings. The van der Waals surface area contributed by atoms with Crippen molar-refractivity contribution < 1.29 is 14.6 Å². The van der Waals surface area contributed by atoms with Crippen molar-refractivity contribution in [2.24, 2.45) is 0 Å². The Bertz CT molecular complexity index is 576. The SMILES string of the molecule is COc1cc([C@@H](C)O)ccc1OCc1ccccc1C. The summed E-state index contributed by atoms with van der Waals surface area (Å²) in [6, 6.07) is 13.6. The van der Waals surface area contributed by atoms with Gasteiger partial charge < -0.3 is 14.6 Å². The van der Waals surface area contributed by atoms with Crippen LogP contribution in [0.3, 0.4) is 0 Å². The highest BCUT2D eigenvalue weighted by atomic mass is 16.5. The third kappa shape index (κ3) is 3.31. The van der Waals surface area contributed by atoms with Gasteiger partial charge in [0.05, 0.1) is 13.2 Å². The van der Waals surface area contributed by atoms with Crippen LogP contribution in [-0.4, -0.2) is 12.2 Å². The molecule has 0 aliphatic heterocycles. The highest BCUT2D eigenvalue weighted by molar-refractivity contribution is 5.43. The summed E-state index contributed by atoms with van der Waals surface area (Å²) < 4.78 is 11.1. The normalized spacial score (nSPS) is 12.0. The number of methoxy groups -OCH3 is 1. The van der Waals surface area contributed by atoms with Gasteiger partial charge in [0, 0.05) is 0 Å². The maximum atomic E-state index is 9.58. The number of hydrogen-bond donors (Lipinski definition) is 1. The second kappa shape index (κ2) is 6.44. The third-order valence-electron chi connectivity index (χ3n) is 3.31. The number of rotatable bonds is 5. The molecule has 0 unspecified atom stereocenters. The molecule has 0 aliphatic carbocycles. The van der Waals surface area contributed by atoms with Gasteiger partial charge >= 0.3 is 0 Å². The number of hydrogen-bond acceptors (Lipinski definition) is 3. The van der Waals surface area contributed by atoms with Gasteiger partial charge in [0.1, 0.15) is 6.61 Å². The van der Waals surface area contributed by atoms with E-state index in [1.165, 1.54) is 5.56 Å². The van der Waals surface area contributed by atoms with Gasteiger partial charge in [-0.2, -0.15) is 0 Å². The van der Waals surface area contributed by atoms with E-state index in [9.17, 15) is 5.11 Å². The molecule has 0 heterocycles. The average Bonchev–Trinajstić information content (AvgIpc) is 2.46. The van der Waals surface area contributed by atoms with Crippen LogP contribution < -0.4 is 9.47 Å². The molecule has 106 valence electrons. The van der Waals surface area contributed by atoms with Gasteiger partial charge in [-0.15, -0.1) is 0 Å². The monoisotopic (exact) mass is 272 g/mol. The number of aryl methyl sites for hydroxylation is 1. The number of benzene rings is 2. The second-order valence-electron chi connectivity index (χ2n) is 4.80. The van der Waals surface area contributed by atoms with Crippen molar-refractivity contribution in [2.75, 3.05) is 7.11 Å². The summed E-state index contributed by atoms with van der Waals surface area (Å²) in [5.74, 6) is 1.32. The van der Waals surface area contributed by atoms with Gasteiger partial charge in [-0.25, -0.2) is 0 Å². The Balaban J connectivity index is 2.15. The Morgan fingerprint density at radius 2 is 1.85 bits per heavy atom. The van der Waals surface area contributed by atoms with Crippen molar-refractivity contribution in [1.82, 2.24) is 0 Å². The molecule has 1 N–H and O–H groups in total. The van der Waals surface area contributed by atoms with E-state index in [1.807, 2.05) is 30.3 Å². The van der Waals surface area contributed by atoms with Gasteiger partial charge in [-0.1, -0.05) is 30.3 Å². The van der Waals surface area contributed by atoms with Crippen LogP contribution in [0.1, 0.15) is 29.7 Å². The molecule has 0 radical (unpaired) electrons. The Hall–Kier alpha value is -2.00. The standard InChI is InChI=1S/C17H20O3/c1-12-6-4-5-7-15(12)11-20-16-9-8-14(13(2)18)10-17(16)19-3/h4-10,13,18H,11H2,1-3H3/t13-/m1/s1. The van der Waals surface area contributed by atoms with Crippen molar-refractivity contribution in [3.05, 3.63) is 59.2 Å². The largest absolute Gasteiger partial charge is 0.493 e. The molecule has 0 spiro atoms. The fourth-order valence-electron chi connectivity index (χ4n) is 1.99. The van der Waals surface area contributed by atoms with Gasteiger partial charge in [0.25, 0.3) is 0 Å². The van der Waals surface area contributed by atoms with Crippen molar-refractivity contribution >= 4 is 0 Å². The summed E-state index contributed by atoms with van der Waals surface area (Å²) in [5.41, 5.74) is 3.16. The zero-order valence-electron chi connectivity index (χ0n) is 12.1. The van der Waals surface area contributed by atoms with Crippen LogP contribution in [0.15, 0.2) is 42.5 Å². The molecule has 0 saturated carbocycles. The molecule has 2 rings (SSSR count). The summed E-state index contributed by atoms with van der Waals surface area (Å²) >= 11 is 0. The third-order valence-corrected chi connectivity index (χ3v) is 3.31. The molecule has 0 amide bonds. The topological polar surface area (TPSA) is 38.7 Å². The first-order valence-corrected chi connectivity index (χ1v) is 6.65. The van der Waals surface area contributed by atoms with Crippen LogP contribution in [0.4, 0.5) is 0 Å². The van der Waals surface area contributed by atoms with Gasteiger partial charge in [-0.3, -0.25) is 0 Å². The van der Waals surface area contributed by atoms with Gasteiger partial charge in [0.2, 0.25) is 0 Å². The Labute approximate surface area is 119 Å². The minimum atomic E-state index is -0.519. The minimum absolute atomic E-state index is 0.497. The van der Waals surface area contributed by atoms with Crippen LogP contribution in [0, 0.1) is 6.92 Å². The van der Waals surface area contributed by atoms with E-state index in [0.717, 1.165) is 11.1 Å². The number of aliphatic hydroxyl groups excluding tert-OH is 1. The smallest absolute Gasteiger partial charge is 0.161 e. The van der Waals surface area contributed by atoms with Crippen molar-refractivity contribution in [3.63, 3.8) is 0 Å². The predicted octanol–water partition coefficient (Wildman–Crippen LogP) is 3.64. The van der Waals surface area contributed by atoms with Crippen LogP contribution >= 0.6 is 0 Å². The van der Waals surface area contributed by atoms with Crippen molar-refractivity contribution in [1.29, 1.82) is 0 Å². The maximum Gasteiger partial charge on any atom is 0.161 e. The highest BCUT2D eigenvalue weighted by Crippen LogP contribution is 2.31. The summed E-state index contributed by atoms with van der Waals surface area (Å²) in [6.45, 7) is 4.28. The van der Waals surface area contributed by atoms with E-state index >= 15 is 0 Å². The molecule has 0 aromatic heterocycles. The molecule has 2 aromatic carbocycles. The fourth-order valence-corrected chi connectivity index (χ4v) is 1.99. The first-order chi connectivity index (χ1) is 9.61. The molecular formula is C17H20O3.